The molecule has 0 aliphatic rings. The molecule has 1 heterocycles. The lowest BCUT2D eigenvalue weighted by Gasteiger charge is -2.09. The third-order valence-electron chi connectivity index (χ3n) is 2.14. The van der Waals surface area contributed by atoms with Crippen LogP contribution in [0.1, 0.15) is 37.4 Å². The fraction of sp³-hybridized carbons (Fsp3) is 0.727. The molecular formula is C11H20N2OS. The van der Waals surface area contributed by atoms with Gasteiger partial charge < -0.3 is 10.1 Å². The summed E-state index contributed by atoms with van der Waals surface area (Å²) in [6, 6.07) is 0. The lowest BCUT2D eigenvalue weighted by molar-refractivity contribution is 0.0455. The molecule has 0 radical (unpaired) electrons. The topological polar surface area (TPSA) is 34.1 Å². The Balaban J connectivity index is 2.30. The highest BCUT2D eigenvalue weighted by molar-refractivity contribution is 7.09. The molecule has 1 unspecified atom stereocenters. The summed E-state index contributed by atoms with van der Waals surface area (Å²) in [5.41, 5.74) is 1.05. The van der Waals surface area contributed by atoms with Crippen molar-refractivity contribution in [3.05, 3.63) is 16.1 Å². The monoisotopic (exact) mass is 228 g/mol. The van der Waals surface area contributed by atoms with E-state index in [2.05, 4.69) is 29.5 Å². The largest absolute Gasteiger partial charge is 0.372 e. The molecule has 0 bridgehead atoms. The summed E-state index contributed by atoms with van der Waals surface area (Å²) in [5.74, 6) is 0. The van der Waals surface area contributed by atoms with Crippen LogP contribution in [0.25, 0.3) is 0 Å². The van der Waals surface area contributed by atoms with Gasteiger partial charge in [-0.2, -0.15) is 0 Å². The fourth-order valence-electron chi connectivity index (χ4n) is 1.37. The van der Waals surface area contributed by atoms with Crippen molar-refractivity contribution >= 4 is 11.3 Å². The Morgan fingerprint density at radius 3 is 3.07 bits per heavy atom. The summed E-state index contributed by atoms with van der Waals surface area (Å²) in [6.07, 6.45) is 2.63. The molecule has 0 saturated carbocycles. The Bertz CT molecular complexity index is 275. The molecule has 1 atom stereocenters. The molecule has 4 heteroatoms. The Labute approximate surface area is 95.9 Å². The van der Waals surface area contributed by atoms with Crippen molar-refractivity contribution in [3.8, 4) is 0 Å². The Kier molecular flexibility index (Phi) is 5.83. The number of thiazole rings is 1. The molecule has 0 amide bonds. The van der Waals surface area contributed by atoms with Crippen LogP contribution in [-0.2, 0) is 17.9 Å². The molecule has 3 nitrogen and oxygen atoms in total. The first-order chi connectivity index (χ1) is 7.26. The minimum absolute atomic E-state index is 0.337. The Morgan fingerprint density at radius 2 is 2.40 bits per heavy atom. The van der Waals surface area contributed by atoms with Gasteiger partial charge in [0.05, 0.1) is 18.4 Å². The van der Waals surface area contributed by atoms with E-state index in [1.165, 1.54) is 6.42 Å². The quantitative estimate of drug-likeness (QED) is 0.779. The second kappa shape index (κ2) is 6.93. The third-order valence-corrected chi connectivity index (χ3v) is 3.04. The summed E-state index contributed by atoms with van der Waals surface area (Å²) in [7, 11) is 1.93. The summed E-state index contributed by atoms with van der Waals surface area (Å²) in [5, 5.41) is 6.29. The van der Waals surface area contributed by atoms with E-state index in [-0.39, 0.29) is 0 Å². The first kappa shape index (κ1) is 12.6. The molecule has 1 aromatic rings. The highest BCUT2D eigenvalue weighted by Crippen LogP contribution is 2.12. The zero-order valence-electron chi connectivity index (χ0n) is 9.75. The van der Waals surface area contributed by atoms with E-state index in [1.54, 1.807) is 11.3 Å². The number of nitrogens with one attached hydrogen (secondary N) is 1. The second-order valence-electron chi connectivity index (χ2n) is 3.67. The van der Waals surface area contributed by atoms with Gasteiger partial charge in [0.1, 0.15) is 5.01 Å². The van der Waals surface area contributed by atoms with Crippen LogP contribution in [-0.4, -0.2) is 18.1 Å². The summed E-state index contributed by atoms with van der Waals surface area (Å²) >= 11 is 1.69. The van der Waals surface area contributed by atoms with Crippen molar-refractivity contribution in [2.24, 2.45) is 0 Å². The first-order valence-electron chi connectivity index (χ1n) is 5.45. The number of hydrogen-bond donors (Lipinski definition) is 1. The van der Waals surface area contributed by atoms with Crippen molar-refractivity contribution in [3.63, 3.8) is 0 Å². The van der Waals surface area contributed by atoms with Gasteiger partial charge in [-0.1, -0.05) is 13.3 Å². The SMILES string of the molecule is CCCC(C)OCc1csc(CNC)n1. The molecule has 1 rings (SSSR count). The molecule has 0 aromatic carbocycles. The van der Waals surface area contributed by atoms with Gasteiger partial charge in [-0.05, 0) is 20.4 Å². The van der Waals surface area contributed by atoms with Crippen molar-refractivity contribution in [1.29, 1.82) is 0 Å². The van der Waals surface area contributed by atoms with Crippen molar-refractivity contribution in [2.75, 3.05) is 7.05 Å². The molecule has 0 aliphatic carbocycles. The van der Waals surface area contributed by atoms with E-state index in [4.69, 9.17) is 4.74 Å². The van der Waals surface area contributed by atoms with E-state index in [0.717, 1.165) is 23.7 Å². The Morgan fingerprint density at radius 1 is 1.60 bits per heavy atom. The molecule has 15 heavy (non-hydrogen) atoms. The molecule has 0 saturated heterocycles. The van der Waals surface area contributed by atoms with E-state index < -0.39 is 0 Å². The lowest BCUT2D eigenvalue weighted by Crippen LogP contribution is -2.08. The number of ether oxygens (including phenoxy) is 1. The van der Waals surface area contributed by atoms with Gasteiger partial charge in [-0.3, -0.25) is 0 Å². The van der Waals surface area contributed by atoms with Gasteiger partial charge in [0.15, 0.2) is 0 Å². The van der Waals surface area contributed by atoms with Gasteiger partial charge >= 0.3 is 0 Å². The van der Waals surface area contributed by atoms with Crippen LogP contribution in [0, 0.1) is 0 Å². The lowest BCUT2D eigenvalue weighted by atomic mass is 10.2. The van der Waals surface area contributed by atoms with Crippen molar-refractivity contribution in [1.82, 2.24) is 10.3 Å². The smallest absolute Gasteiger partial charge is 0.107 e. The van der Waals surface area contributed by atoms with Gasteiger partial charge in [-0.25, -0.2) is 4.98 Å². The molecule has 0 spiro atoms. The third kappa shape index (κ3) is 4.73. The molecular weight excluding hydrogens is 208 g/mol. The van der Waals surface area contributed by atoms with Gasteiger partial charge in [0.25, 0.3) is 0 Å². The van der Waals surface area contributed by atoms with E-state index in [9.17, 15) is 0 Å². The van der Waals surface area contributed by atoms with Gasteiger partial charge in [0.2, 0.25) is 0 Å². The fourth-order valence-corrected chi connectivity index (χ4v) is 2.16. The number of nitrogens with zero attached hydrogens (tertiary/aromatic N) is 1. The Hall–Kier alpha value is -0.450. The van der Waals surface area contributed by atoms with Crippen molar-refractivity contribution in [2.45, 2.75) is 45.9 Å². The average molecular weight is 228 g/mol. The van der Waals surface area contributed by atoms with Crippen LogP contribution in [0.2, 0.25) is 0 Å². The first-order valence-corrected chi connectivity index (χ1v) is 6.33. The highest BCUT2D eigenvalue weighted by Gasteiger charge is 2.04. The predicted molar refractivity (Wildman–Crippen MR) is 64.0 cm³/mol. The van der Waals surface area contributed by atoms with Crippen molar-refractivity contribution < 1.29 is 4.74 Å². The average Bonchev–Trinajstić information content (AvgIpc) is 2.64. The van der Waals surface area contributed by atoms with E-state index in [0.29, 0.717) is 12.7 Å². The van der Waals surface area contributed by atoms with E-state index in [1.807, 2.05) is 7.05 Å². The summed E-state index contributed by atoms with van der Waals surface area (Å²) in [4.78, 5) is 4.46. The van der Waals surface area contributed by atoms with Crippen LogP contribution in [0.15, 0.2) is 5.38 Å². The van der Waals surface area contributed by atoms with Crippen LogP contribution < -0.4 is 5.32 Å². The zero-order chi connectivity index (χ0) is 11.1. The number of rotatable bonds is 7. The van der Waals surface area contributed by atoms with Crippen LogP contribution in [0.5, 0.6) is 0 Å². The zero-order valence-corrected chi connectivity index (χ0v) is 10.6. The maximum absolute atomic E-state index is 5.68. The predicted octanol–water partition coefficient (Wildman–Crippen LogP) is 2.57. The summed E-state index contributed by atoms with van der Waals surface area (Å²) in [6.45, 7) is 5.77. The highest BCUT2D eigenvalue weighted by atomic mass is 32.1. The number of hydrogen-bond acceptors (Lipinski definition) is 4. The van der Waals surface area contributed by atoms with Gasteiger partial charge in [0, 0.05) is 11.9 Å². The maximum Gasteiger partial charge on any atom is 0.107 e. The van der Waals surface area contributed by atoms with Gasteiger partial charge in [-0.15, -0.1) is 11.3 Å². The minimum atomic E-state index is 0.337. The molecule has 86 valence electrons. The standard InChI is InChI=1S/C11H20N2OS/c1-4-5-9(2)14-7-10-8-15-11(13-10)6-12-3/h8-9,12H,4-7H2,1-3H3. The maximum atomic E-state index is 5.68. The molecule has 1 aromatic heterocycles. The minimum Gasteiger partial charge on any atom is -0.372 e. The molecule has 0 aliphatic heterocycles. The van der Waals surface area contributed by atoms with Crippen LogP contribution in [0.3, 0.4) is 0 Å². The van der Waals surface area contributed by atoms with Crippen LogP contribution in [0.4, 0.5) is 0 Å². The molecule has 1 N–H and O–H groups in total. The normalized spacial score (nSPS) is 13.0. The van der Waals surface area contributed by atoms with E-state index >= 15 is 0 Å². The summed E-state index contributed by atoms with van der Waals surface area (Å²) < 4.78 is 5.68. The second-order valence-corrected chi connectivity index (χ2v) is 4.62. The molecule has 0 fully saturated rings. The number of aromatic nitrogens is 1. The van der Waals surface area contributed by atoms with Crippen LogP contribution >= 0.6 is 11.3 Å².